The second-order valence-electron chi connectivity index (χ2n) is 7.32. The Bertz CT molecular complexity index is 1120. The number of aromatic amines is 1. The maximum atomic E-state index is 6.65. The van der Waals surface area contributed by atoms with Crippen LogP contribution in [0.3, 0.4) is 0 Å². The minimum Gasteiger partial charge on any atom is -0.379 e. The smallest absolute Gasteiger partial charge is 0.0594 e. The van der Waals surface area contributed by atoms with E-state index in [1.807, 2.05) is 24.5 Å². The highest BCUT2D eigenvalue weighted by atomic mass is 35.5. The lowest BCUT2D eigenvalue weighted by molar-refractivity contribution is 0.0384. The molecule has 148 valence electrons. The van der Waals surface area contributed by atoms with Crippen molar-refractivity contribution in [2.75, 3.05) is 32.8 Å². The number of halogens is 1. The molecule has 4 nitrogen and oxygen atoms in total. The Balaban J connectivity index is 1.57. The van der Waals surface area contributed by atoms with Gasteiger partial charge in [-0.05, 0) is 40.6 Å². The van der Waals surface area contributed by atoms with Crippen LogP contribution in [0.1, 0.15) is 5.69 Å². The Morgan fingerprint density at radius 1 is 1.10 bits per heavy atom. The molecule has 0 radical (unpaired) electrons. The zero-order chi connectivity index (χ0) is 19.6. The van der Waals surface area contributed by atoms with Gasteiger partial charge in [-0.25, -0.2) is 0 Å². The van der Waals surface area contributed by atoms with Crippen molar-refractivity contribution in [3.8, 4) is 22.3 Å². The van der Waals surface area contributed by atoms with E-state index in [1.165, 1.54) is 16.8 Å². The zero-order valence-electron chi connectivity index (χ0n) is 16.0. The summed E-state index contributed by atoms with van der Waals surface area (Å²) in [5.74, 6) is 0. The summed E-state index contributed by atoms with van der Waals surface area (Å²) in [5, 5.41) is 6.10. The minimum absolute atomic E-state index is 0.771. The molecule has 1 aromatic carbocycles. The van der Waals surface area contributed by atoms with Crippen LogP contribution in [0.2, 0.25) is 5.02 Å². The van der Waals surface area contributed by atoms with E-state index < -0.39 is 0 Å². The highest BCUT2D eigenvalue weighted by Gasteiger charge is 2.18. The monoisotopic (exact) mass is 423 g/mol. The first-order chi connectivity index (χ1) is 14.3. The van der Waals surface area contributed by atoms with Crippen LogP contribution < -0.4 is 0 Å². The molecule has 0 spiro atoms. The molecule has 1 N–H and O–H groups in total. The average molecular weight is 424 g/mol. The van der Waals surface area contributed by atoms with E-state index in [1.54, 1.807) is 11.3 Å². The number of nitrogens with zero attached hydrogens (tertiary/aromatic N) is 2. The Morgan fingerprint density at radius 3 is 2.79 bits per heavy atom. The summed E-state index contributed by atoms with van der Waals surface area (Å²) >= 11 is 8.35. The molecule has 1 fully saturated rings. The molecule has 1 aliphatic heterocycles. The zero-order valence-corrected chi connectivity index (χ0v) is 17.6. The molecule has 0 amide bonds. The van der Waals surface area contributed by atoms with Gasteiger partial charge < -0.3 is 9.72 Å². The Labute approximate surface area is 179 Å². The average Bonchev–Trinajstić information content (AvgIpc) is 3.42. The van der Waals surface area contributed by atoms with Crippen LogP contribution in [-0.4, -0.2) is 47.7 Å². The van der Waals surface area contributed by atoms with E-state index in [2.05, 4.69) is 43.8 Å². The number of thiophene rings is 1. The number of nitrogens with one attached hydrogen (secondary N) is 1. The number of ether oxygens (including phenoxy) is 1. The molecule has 6 heteroatoms. The number of fused-ring (bicyclic) bond motifs is 1. The third-order valence-corrected chi connectivity index (χ3v) is 6.51. The largest absolute Gasteiger partial charge is 0.379 e. The van der Waals surface area contributed by atoms with E-state index in [-0.39, 0.29) is 0 Å². The van der Waals surface area contributed by atoms with Crippen LogP contribution in [0.5, 0.6) is 0 Å². The number of hydrogen-bond acceptors (Lipinski definition) is 4. The molecule has 0 bridgehead atoms. The molecule has 1 saturated heterocycles. The van der Waals surface area contributed by atoms with Crippen LogP contribution in [-0.2, 0) is 11.2 Å². The normalized spacial score (nSPS) is 15.2. The summed E-state index contributed by atoms with van der Waals surface area (Å²) in [5.41, 5.74) is 6.89. The number of rotatable bonds is 5. The van der Waals surface area contributed by atoms with E-state index in [9.17, 15) is 0 Å². The topological polar surface area (TPSA) is 41.2 Å². The van der Waals surface area contributed by atoms with Gasteiger partial charge >= 0.3 is 0 Å². The molecule has 0 unspecified atom stereocenters. The van der Waals surface area contributed by atoms with E-state index in [0.29, 0.717) is 0 Å². The van der Waals surface area contributed by atoms with Crippen molar-refractivity contribution >= 4 is 33.8 Å². The molecule has 3 aromatic heterocycles. The number of benzene rings is 1. The number of H-pyrrole nitrogens is 1. The number of hydrogen-bond donors (Lipinski definition) is 1. The quantitative estimate of drug-likeness (QED) is 0.461. The fourth-order valence-corrected chi connectivity index (χ4v) is 4.96. The minimum atomic E-state index is 0.771. The van der Waals surface area contributed by atoms with Gasteiger partial charge in [-0.1, -0.05) is 17.7 Å². The highest BCUT2D eigenvalue weighted by molar-refractivity contribution is 7.08. The lowest BCUT2D eigenvalue weighted by Crippen LogP contribution is -2.37. The maximum absolute atomic E-state index is 6.65. The van der Waals surface area contributed by atoms with Gasteiger partial charge in [0.1, 0.15) is 0 Å². The first kappa shape index (κ1) is 18.8. The van der Waals surface area contributed by atoms with Crippen molar-refractivity contribution in [1.29, 1.82) is 0 Å². The van der Waals surface area contributed by atoms with Gasteiger partial charge in [-0.3, -0.25) is 9.88 Å². The lowest BCUT2D eigenvalue weighted by atomic mass is 9.99. The van der Waals surface area contributed by atoms with Gasteiger partial charge in [0.05, 0.1) is 18.2 Å². The molecular weight excluding hydrogens is 402 g/mol. The summed E-state index contributed by atoms with van der Waals surface area (Å²) in [6, 6.07) is 10.4. The summed E-state index contributed by atoms with van der Waals surface area (Å²) in [7, 11) is 0. The van der Waals surface area contributed by atoms with Crippen molar-refractivity contribution < 1.29 is 4.74 Å². The predicted molar refractivity (Wildman–Crippen MR) is 121 cm³/mol. The van der Waals surface area contributed by atoms with Gasteiger partial charge in [-0.2, -0.15) is 11.3 Å². The number of morpholine rings is 1. The van der Waals surface area contributed by atoms with Gasteiger partial charge in [-0.15, -0.1) is 0 Å². The van der Waals surface area contributed by atoms with Crippen molar-refractivity contribution in [2.45, 2.75) is 6.42 Å². The SMILES string of the molecule is Clc1cccc2[nH]c(CCN3CCOCC3)c(-c3cncc(-c4ccsc4)c3)c12. The number of aromatic nitrogens is 2. The number of pyridine rings is 1. The first-order valence-electron chi connectivity index (χ1n) is 9.87. The summed E-state index contributed by atoms with van der Waals surface area (Å²) in [4.78, 5) is 10.6. The molecular formula is C23H22ClN3OS. The van der Waals surface area contributed by atoms with Crippen molar-refractivity contribution in [3.05, 3.63) is 64.2 Å². The Kier molecular flexibility index (Phi) is 5.38. The van der Waals surface area contributed by atoms with Gasteiger partial charge in [0, 0.05) is 71.7 Å². The fraction of sp³-hybridized carbons (Fsp3) is 0.261. The molecule has 4 aromatic rings. The molecule has 5 rings (SSSR count). The van der Waals surface area contributed by atoms with Crippen LogP contribution in [0.25, 0.3) is 33.2 Å². The van der Waals surface area contributed by atoms with Crippen molar-refractivity contribution in [1.82, 2.24) is 14.9 Å². The maximum Gasteiger partial charge on any atom is 0.0594 e. The molecule has 29 heavy (non-hydrogen) atoms. The summed E-state index contributed by atoms with van der Waals surface area (Å²) < 4.78 is 5.48. The summed E-state index contributed by atoms with van der Waals surface area (Å²) in [6.45, 7) is 4.62. The Hall–Kier alpha value is -2.18. The third kappa shape index (κ3) is 3.83. The van der Waals surface area contributed by atoms with Crippen molar-refractivity contribution in [3.63, 3.8) is 0 Å². The fourth-order valence-electron chi connectivity index (χ4n) is 4.02. The molecule has 0 atom stereocenters. The van der Waals surface area contributed by atoms with Gasteiger partial charge in [0.15, 0.2) is 0 Å². The first-order valence-corrected chi connectivity index (χ1v) is 11.2. The molecule has 1 aliphatic rings. The van der Waals surface area contributed by atoms with E-state index in [0.717, 1.165) is 66.3 Å². The second-order valence-corrected chi connectivity index (χ2v) is 8.51. The highest BCUT2D eigenvalue weighted by Crippen LogP contribution is 2.38. The van der Waals surface area contributed by atoms with Crippen LogP contribution in [0.15, 0.2) is 53.5 Å². The molecule has 4 heterocycles. The Morgan fingerprint density at radius 2 is 1.97 bits per heavy atom. The van der Waals surface area contributed by atoms with Crippen molar-refractivity contribution in [2.24, 2.45) is 0 Å². The molecule has 0 aliphatic carbocycles. The van der Waals surface area contributed by atoms with E-state index in [4.69, 9.17) is 16.3 Å². The second kappa shape index (κ2) is 8.28. The molecule has 0 saturated carbocycles. The lowest BCUT2D eigenvalue weighted by Gasteiger charge is -2.26. The van der Waals surface area contributed by atoms with Crippen LogP contribution in [0.4, 0.5) is 0 Å². The van der Waals surface area contributed by atoms with Gasteiger partial charge in [0.2, 0.25) is 0 Å². The van der Waals surface area contributed by atoms with Gasteiger partial charge in [0.25, 0.3) is 0 Å². The van der Waals surface area contributed by atoms with Crippen LogP contribution in [0, 0.1) is 0 Å². The van der Waals surface area contributed by atoms with Crippen LogP contribution >= 0.6 is 22.9 Å². The summed E-state index contributed by atoms with van der Waals surface area (Å²) in [6.07, 6.45) is 4.80. The third-order valence-electron chi connectivity index (χ3n) is 5.51. The standard InChI is InChI=1S/C23H22ClN3OS/c24-19-2-1-3-20-23(19)22(21(26-20)4-6-27-7-9-28-10-8-27)18-12-17(13-25-14-18)16-5-11-29-15-16/h1-3,5,11-15,26H,4,6-10H2. The predicted octanol–water partition coefficient (Wildman–Crippen LogP) is 5.49. The van der Waals surface area contributed by atoms with E-state index >= 15 is 0 Å².